The predicted octanol–water partition coefficient (Wildman–Crippen LogP) is 3.46. The van der Waals surface area contributed by atoms with Gasteiger partial charge in [-0.25, -0.2) is 15.0 Å². The van der Waals surface area contributed by atoms with Crippen LogP contribution in [0.15, 0.2) is 42.7 Å². The van der Waals surface area contributed by atoms with Gasteiger partial charge < -0.3 is 4.98 Å². The van der Waals surface area contributed by atoms with Crippen LogP contribution in [0.4, 0.5) is 0 Å². The van der Waals surface area contributed by atoms with Crippen molar-refractivity contribution in [1.82, 2.24) is 24.8 Å². The van der Waals surface area contributed by atoms with E-state index in [1.165, 1.54) is 16.8 Å². The lowest BCUT2D eigenvalue weighted by Gasteiger charge is -2.28. The van der Waals surface area contributed by atoms with E-state index in [0.717, 1.165) is 43.1 Å². The van der Waals surface area contributed by atoms with Crippen LogP contribution in [0.25, 0.3) is 11.4 Å². The lowest BCUT2D eigenvalue weighted by Crippen LogP contribution is -2.31. The molecule has 0 atom stereocenters. The number of hydrogen-bond acceptors (Lipinski definition) is 5. The molecule has 3 aromatic rings. The second-order valence-electron chi connectivity index (χ2n) is 6.32. The normalized spacial score (nSPS) is 14.3. The van der Waals surface area contributed by atoms with E-state index in [4.69, 9.17) is 17.2 Å². The molecule has 2 aromatic heterocycles. The maximum absolute atomic E-state index is 5.10. The highest BCUT2D eigenvalue weighted by Crippen LogP contribution is 2.20. The van der Waals surface area contributed by atoms with E-state index in [1.807, 2.05) is 42.7 Å². The first-order chi connectivity index (χ1) is 12.2. The predicted molar refractivity (Wildman–Crippen MR) is 99.4 cm³/mol. The maximum atomic E-state index is 5.10. The van der Waals surface area contributed by atoms with Gasteiger partial charge in [0.15, 0.2) is 10.6 Å². The number of aryl methyl sites for hydroxylation is 1. The monoisotopic (exact) mass is 349 g/mol. The molecule has 0 amide bonds. The van der Waals surface area contributed by atoms with Gasteiger partial charge in [0.1, 0.15) is 0 Å². The van der Waals surface area contributed by atoms with Crippen molar-refractivity contribution in [1.29, 1.82) is 0 Å². The van der Waals surface area contributed by atoms with Crippen molar-refractivity contribution in [2.75, 3.05) is 6.54 Å². The Bertz CT molecular complexity index is 952. The molecule has 1 aliphatic heterocycles. The first kappa shape index (κ1) is 16.1. The number of aromatic amines is 1. The number of benzene rings is 1. The van der Waals surface area contributed by atoms with Gasteiger partial charge >= 0.3 is 0 Å². The van der Waals surface area contributed by atoms with Gasteiger partial charge in [0.05, 0.1) is 0 Å². The van der Waals surface area contributed by atoms with Crippen LogP contribution in [0.3, 0.4) is 0 Å². The Labute approximate surface area is 151 Å². The topological polar surface area (TPSA) is 57.7 Å². The molecule has 126 valence electrons. The van der Waals surface area contributed by atoms with E-state index < -0.39 is 0 Å². The van der Waals surface area contributed by atoms with Crippen molar-refractivity contribution >= 4 is 12.2 Å². The zero-order valence-electron chi connectivity index (χ0n) is 14.1. The van der Waals surface area contributed by atoms with Gasteiger partial charge in [-0.15, -0.1) is 0 Å². The van der Waals surface area contributed by atoms with Crippen molar-refractivity contribution in [3.8, 4) is 11.4 Å². The fraction of sp³-hybridized carbons (Fsp3) is 0.263. The van der Waals surface area contributed by atoms with Crippen LogP contribution in [-0.4, -0.2) is 31.4 Å². The highest BCUT2D eigenvalue weighted by atomic mass is 32.1. The minimum Gasteiger partial charge on any atom is -0.334 e. The van der Waals surface area contributed by atoms with Crippen LogP contribution >= 0.6 is 12.2 Å². The number of fused-ring (bicyclic) bond motifs is 1. The molecular weight excluding hydrogens is 330 g/mol. The molecule has 25 heavy (non-hydrogen) atoms. The molecule has 3 heterocycles. The van der Waals surface area contributed by atoms with Gasteiger partial charge in [-0.3, -0.25) is 4.90 Å². The minimum absolute atomic E-state index is 0.563. The van der Waals surface area contributed by atoms with Crippen LogP contribution in [0, 0.1) is 11.7 Å². The summed E-state index contributed by atoms with van der Waals surface area (Å²) in [5.41, 5.74) is 5.68. The fourth-order valence-electron chi connectivity index (χ4n) is 3.15. The van der Waals surface area contributed by atoms with Crippen molar-refractivity contribution in [3.63, 3.8) is 0 Å². The molecule has 5 nitrogen and oxygen atoms in total. The minimum atomic E-state index is 0.563. The third-order valence-corrected chi connectivity index (χ3v) is 4.77. The molecule has 0 aliphatic carbocycles. The number of nitrogens with one attached hydrogen (secondary N) is 1. The number of H-pyrrole nitrogens is 1. The van der Waals surface area contributed by atoms with Crippen molar-refractivity contribution in [2.45, 2.75) is 26.4 Å². The van der Waals surface area contributed by atoms with E-state index in [9.17, 15) is 0 Å². The maximum Gasteiger partial charge on any atom is 0.196 e. The van der Waals surface area contributed by atoms with Gasteiger partial charge in [-0.2, -0.15) is 0 Å². The molecule has 0 unspecified atom stereocenters. The largest absolute Gasteiger partial charge is 0.334 e. The summed E-state index contributed by atoms with van der Waals surface area (Å²) in [5, 5.41) is 0. The molecule has 0 radical (unpaired) electrons. The average molecular weight is 349 g/mol. The number of hydrogen-bond donors (Lipinski definition) is 1. The van der Waals surface area contributed by atoms with Gasteiger partial charge in [-0.05, 0) is 19.1 Å². The van der Waals surface area contributed by atoms with Crippen molar-refractivity contribution in [3.05, 3.63) is 70.0 Å². The van der Waals surface area contributed by atoms with Crippen LogP contribution in [0.1, 0.15) is 22.5 Å². The summed E-state index contributed by atoms with van der Waals surface area (Å²) in [7, 11) is 0. The summed E-state index contributed by atoms with van der Waals surface area (Å²) < 4.78 is 0.563. The second-order valence-corrected chi connectivity index (χ2v) is 6.71. The van der Waals surface area contributed by atoms with Gasteiger partial charge in [0.25, 0.3) is 0 Å². The Hall–Kier alpha value is -2.44. The lowest BCUT2D eigenvalue weighted by atomic mass is 10.1. The molecule has 1 N–H and O–H groups in total. The quantitative estimate of drug-likeness (QED) is 0.734. The van der Waals surface area contributed by atoms with E-state index in [-0.39, 0.29) is 0 Å². The molecule has 0 spiro atoms. The Morgan fingerprint density at radius 2 is 2.00 bits per heavy atom. The SMILES string of the molecule is Cc1nc(-c2ccccc2)ncc1CN1CCc2[nH]c(=S)ncc2C1. The lowest BCUT2D eigenvalue weighted by molar-refractivity contribution is 0.241. The molecule has 6 heteroatoms. The number of rotatable bonds is 3. The summed E-state index contributed by atoms with van der Waals surface area (Å²) in [4.78, 5) is 19.1. The Kier molecular flexibility index (Phi) is 4.38. The molecule has 4 rings (SSSR count). The number of aromatic nitrogens is 4. The van der Waals surface area contributed by atoms with Crippen LogP contribution in [-0.2, 0) is 19.5 Å². The van der Waals surface area contributed by atoms with E-state index in [2.05, 4.69) is 26.8 Å². The Morgan fingerprint density at radius 3 is 2.80 bits per heavy atom. The first-order valence-electron chi connectivity index (χ1n) is 8.36. The molecular formula is C19H19N5S. The molecule has 0 saturated heterocycles. The standard InChI is InChI=1S/C19H19N5S/c1-13-15(9-20-18(22-13)14-5-3-2-4-6-14)11-24-8-7-17-16(12-24)10-21-19(25)23-17/h2-6,9-10H,7-8,11-12H2,1H3,(H,21,23,25). The Morgan fingerprint density at radius 1 is 1.16 bits per heavy atom. The Balaban J connectivity index is 1.52. The number of nitrogens with zero attached hydrogens (tertiary/aromatic N) is 4. The summed E-state index contributed by atoms with van der Waals surface area (Å²) in [5.74, 6) is 0.780. The van der Waals surface area contributed by atoms with E-state index in [0.29, 0.717) is 4.77 Å². The van der Waals surface area contributed by atoms with E-state index >= 15 is 0 Å². The van der Waals surface area contributed by atoms with Crippen LogP contribution < -0.4 is 0 Å². The summed E-state index contributed by atoms with van der Waals surface area (Å²) in [6.07, 6.45) is 4.81. The smallest absolute Gasteiger partial charge is 0.196 e. The summed E-state index contributed by atoms with van der Waals surface area (Å²) in [6, 6.07) is 10.1. The van der Waals surface area contributed by atoms with Crippen LogP contribution in [0.5, 0.6) is 0 Å². The molecule has 0 saturated carbocycles. The van der Waals surface area contributed by atoms with Gasteiger partial charge in [0, 0.05) is 66.5 Å². The van der Waals surface area contributed by atoms with E-state index in [1.54, 1.807) is 0 Å². The van der Waals surface area contributed by atoms with Crippen LogP contribution in [0.2, 0.25) is 0 Å². The zero-order valence-corrected chi connectivity index (χ0v) is 14.9. The van der Waals surface area contributed by atoms with Crippen molar-refractivity contribution < 1.29 is 0 Å². The zero-order chi connectivity index (χ0) is 17.2. The highest BCUT2D eigenvalue weighted by molar-refractivity contribution is 7.71. The fourth-order valence-corrected chi connectivity index (χ4v) is 3.33. The van der Waals surface area contributed by atoms with Crippen molar-refractivity contribution in [2.24, 2.45) is 0 Å². The first-order valence-corrected chi connectivity index (χ1v) is 8.77. The van der Waals surface area contributed by atoms with Gasteiger partial charge in [-0.1, -0.05) is 30.3 Å². The summed E-state index contributed by atoms with van der Waals surface area (Å²) in [6.45, 7) is 4.76. The molecule has 0 bridgehead atoms. The third-order valence-electron chi connectivity index (χ3n) is 4.56. The second kappa shape index (κ2) is 6.82. The molecule has 1 aliphatic rings. The summed E-state index contributed by atoms with van der Waals surface area (Å²) >= 11 is 5.10. The average Bonchev–Trinajstić information content (AvgIpc) is 2.64. The third kappa shape index (κ3) is 3.50. The highest BCUT2D eigenvalue weighted by Gasteiger charge is 2.18. The molecule has 1 aromatic carbocycles. The molecule has 0 fully saturated rings. The van der Waals surface area contributed by atoms with Gasteiger partial charge in [0.2, 0.25) is 0 Å².